The molecule has 1 fully saturated rings. The quantitative estimate of drug-likeness (QED) is 0.919. The van der Waals surface area contributed by atoms with E-state index in [2.05, 4.69) is 10.2 Å². The molecule has 1 aromatic rings. The van der Waals surface area contributed by atoms with Gasteiger partial charge in [0.25, 0.3) is 0 Å². The number of aromatic nitrogens is 2. The maximum atomic E-state index is 5.87. The highest BCUT2D eigenvalue weighted by molar-refractivity contribution is 6.32. The Morgan fingerprint density at radius 2 is 2.28 bits per heavy atom. The second-order valence-electron chi connectivity index (χ2n) is 4.24. The van der Waals surface area contributed by atoms with Crippen molar-refractivity contribution >= 4 is 23.2 Å². The Hall–Kier alpha value is -0.620. The van der Waals surface area contributed by atoms with Crippen molar-refractivity contribution in [2.45, 2.75) is 31.4 Å². The van der Waals surface area contributed by atoms with Crippen LogP contribution in [0.1, 0.15) is 19.3 Å². The molecule has 2 unspecified atom stereocenters. The van der Waals surface area contributed by atoms with Crippen molar-refractivity contribution in [2.75, 3.05) is 13.2 Å². The lowest BCUT2D eigenvalue weighted by molar-refractivity contribution is -0.00342. The fourth-order valence-electron chi connectivity index (χ4n) is 1.85. The summed E-state index contributed by atoms with van der Waals surface area (Å²) in [5, 5.41) is 7.74. The molecule has 1 saturated heterocycles. The van der Waals surface area contributed by atoms with E-state index in [1.165, 1.54) is 0 Å². The number of hydrogen-bond acceptors (Lipinski definition) is 5. The van der Waals surface area contributed by atoms with E-state index in [0.29, 0.717) is 12.4 Å². The number of halogens is 2. The number of rotatable bonds is 4. The van der Waals surface area contributed by atoms with Crippen molar-refractivity contribution < 1.29 is 9.47 Å². The predicted octanol–water partition coefficient (Wildman–Crippen LogP) is 2.06. The van der Waals surface area contributed by atoms with Crippen LogP contribution in [0.3, 0.4) is 0 Å². The third-order valence-electron chi connectivity index (χ3n) is 2.79. The van der Waals surface area contributed by atoms with Gasteiger partial charge in [0.15, 0.2) is 16.1 Å². The minimum absolute atomic E-state index is 0.151. The molecule has 1 aliphatic rings. The van der Waals surface area contributed by atoms with Crippen LogP contribution >= 0.6 is 23.2 Å². The molecule has 0 spiro atoms. The highest BCUT2D eigenvalue weighted by Gasteiger charge is 2.19. The van der Waals surface area contributed by atoms with Crippen LogP contribution in [0.4, 0.5) is 0 Å². The maximum absolute atomic E-state index is 5.87. The molecule has 0 aromatic carbocycles. The van der Waals surface area contributed by atoms with Gasteiger partial charge in [0.1, 0.15) is 0 Å². The van der Waals surface area contributed by atoms with Gasteiger partial charge in [-0.1, -0.05) is 23.2 Å². The fraction of sp³-hybridized carbons (Fsp3) is 0.636. The predicted molar refractivity (Wildman–Crippen MR) is 69.1 cm³/mol. The molecule has 0 aliphatic carbocycles. The molecule has 1 aromatic heterocycles. The molecule has 2 rings (SSSR count). The van der Waals surface area contributed by atoms with Crippen LogP contribution in [0.5, 0.6) is 5.75 Å². The first kappa shape index (κ1) is 13.8. The average Bonchev–Trinajstić information content (AvgIpc) is 2.34. The number of ether oxygens (including phenoxy) is 2. The van der Waals surface area contributed by atoms with Gasteiger partial charge < -0.3 is 15.2 Å². The highest BCUT2D eigenvalue weighted by Crippen LogP contribution is 2.24. The topological polar surface area (TPSA) is 70.3 Å². The van der Waals surface area contributed by atoms with Crippen LogP contribution in [0.25, 0.3) is 0 Å². The second kappa shape index (κ2) is 6.52. The molecule has 2 N–H and O–H groups in total. The Morgan fingerprint density at radius 3 is 3.06 bits per heavy atom. The Kier molecular flexibility index (Phi) is 5.00. The second-order valence-corrected chi connectivity index (χ2v) is 4.98. The summed E-state index contributed by atoms with van der Waals surface area (Å²) in [6.45, 7) is 1.20. The van der Waals surface area contributed by atoms with Crippen molar-refractivity contribution in [2.24, 2.45) is 5.73 Å². The van der Waals surface area contributed by atoms with Crippen LogP contribution in [0.15, 0.2) is 6.07 Å². The van der Waals surface area contributed by atoms with Gasteiger partial charge in [-0.05, 0) is 12.8 Å². The Balaban J connectivity index is 1.79. The summed E-state index contributed by atoms with van der Waals surface area (Å²) in [4.78, 5) is 0. The molecule has 100 valence electrons. The first-order valence-corrected chi connectivity index (χ1v) is 6.59. The summed E-state index contributed by atoms with van der Waals surface area (Å²) < 4.78 is 11.1. The first-order chi connectivity index (χ1) is 8.65. The molecular formula is C11H15Cl2N3O2. The summed E-state index contributed by atoms with van der Waals surface area (Å²) in [6, 6.07) is 1.77. The standard InChI is InChI=1S/C11H15Cl2N3O2/c12-10-6-9(11(13)16-15-10)18-4-2-8-5-7(14)1-3-17-8/h6-8H,1-5,14H2. The molecule has 2 atom stereocenters. The van der Waals surface area contributed by atoms with Crippen LogP contribution in [0.2, 0.25) is 10.3 Å². The molecule has 18 heavy (non-hydrogen) atoms. The van der Waals surface area contributed by atoms with Crippen LogP contribution in [-0.2, 0) is 4.74 Å². The zero-order chi connectivity index (χ0) is 13.0. The molecule has 0 bridgehead atoms. The normalized spacial score (nSPS) is 23.9. The first-order valence-electron chi connectivity index (χ1n) is 5.84. The van der Waals surface area contributed by atoms with E-state index in [1.54, 1.807) is 6.07 Å². The third kappa shape index (κ3) is 3.95. The van der Waals surface area contributed by atoms with Crippen molar-refractivity contribution in [3.8, 4) is 5.75 Å². The van der Waals surface area contributed by atoms with Gasteiger partial charge in [-0.15, -0.1) is 10.2 Å². The van der Waals surface area contributed by atoms with Gasteiger partial charge in [-0.3, -0.25) is 0 Å². The van der Waals surface area contributed by atoms with E-state index in [4.69, 9.17) is 38.4 Å². The summed E-state index contributed by atoms with van der Waals surface area (Å²) in [6.07, 6.45) is 2.71. The van der Waals surface area contributed by atoms with E-state index < -0.39 is 0 Å². The number of hydrogen-bond donors (Lipinski definition) is 1. The molecule has 0 saturated carbocycles. The summed E-state index contributed by atoms with van der Waals surface area (Å²) in [5.41, 5.74) is 5.87. The molecule has 2 heterocycles. The number of nitrogens with zero attached hydrogens (tertiary/aromatic N) is 2. The average molecular weight is 292 g/mol. The van der Waals surface area contributed by atoms with E-state index in [0.717, 1.165) is 25.9 Å². The highest BCUT2D eigenvalue weighted by atomic mass is 35.5. The largest absolute Gasteiger partial charge is 0.490 e. The zero-order valence-electron chi connectivity index (χ0n) is 9.81. The third-order valence-corrected chi connectivity index (χ3v) is 3.24. The van der Waals surface area contributed by atoms with Crippen LogP contribution in [-0.4, -0.2) is 35.6 Å². The lowest BCUT2D eigenvalue weighted by Crippen LogP contribution is -2.35. The molecule has 0 amide bonds. The van der Waals surface area contributed by atoms with E-state index in [9.17, 15) is 0 Å². The minimum atomic E-state index is 0.151. The number of nitrogens with two attached hydrogens (primary N) is 1. The van der Waals surface area contributed by atoms with Crippen LogP contribution in [0, 0.1) is 0 Å². The molecular weight excluding hydrogens is 277 g/mol. The van der Waals surface area contributed by atoms with Gasteiger partial charge in [0.2, 0.25) is 0 Å². The van der Waals surface area contributed by atoms with E-state index in [-0.39, 0.29) is 22.5 Å². The Bertz CT molecular complexity index is 406. The summed E-state index contributed by atoms with van der Waals surface area (Å²) >= 11 is 11.5. The van der Waals surface area contributed by atoms with Crippen LogP contribution < -0.4 is 10.5 Å². The smallest absolute Gasteiger partial charge is 0.193 e. The summed E-state index contributed by atoms with van der Waals surface area (Å²) in [5.74, 6) is 0.441. The van der Waals surface area contributed by atoms with Gasteiger partial charge in [0.05, 0.1) is 12.7 Å². The van der Waals surface area contributed by atoms with Gasteiger partial charge >= 0.3 is 0 Å². The van der Waals surface area contributed by atoms with Gasteiger partial charge in [-0.2, -0.15) is 0 Å². The van der Waals surface area contributed by atoms with E-state index >= 15 is 0 Å². The Labute approximate surface area is 116 Å². The minimum Gasteiger partial charge on any atom is -0.490 e. The molecule has 0 radical (unpaired) electrons. The van der Waals surface area contributed by atoms with Crippen molar-refractivity contribution in [1.29, 1.82) is 0 Å². The Morgan fingerprint density at radius 1 is 1.44 bits per heavy atom. The molecule has 1 aliphatic heterocycles. The lowest BCUT2D eigenvalue weighted by atomic mass is 10.0. The SMILES string of the molecule is NC1CCOC(CCOc2cc(Cl)nnc2Cl)C1. The fourth-order valence-corrected chi connectivity index (χ4v) is 2.13. The van der Waals surface area contributed by atoms with Gasteiger partial charge in [0, 0.05) is 25.1 Å². The van der Waals surface area contributed by atoms with Crippen molar-refractivity contribution in [3.63, 3.8) is 0 Å². The monoisotopic (exact) mass is 291 g/mol. The molecule has 7 heteroatoms. The maximum Gasteiger partial charge on any atom is 0.193 e. The van der Waals surface area contributed by atoms with Crippen molar-refractivity contribution in [3.05, 3.63) is 16.4 Å². The van der Waals surface area contributed by atoms with Gasteiger partial charge in [-0.25, -0.2) is 0 Å². The zero-order valence-corrected chi connectivity index (χ0v) is 11.3. The lowest BCUT2D eigenvalue weighted by Gasteiger charge is -2.27. The molecule has 5 nitrogen and oxygen atoms in total. The van der Waals surface area contributed by atoms with Crippen molar-refractivity contribution in [1.82, 2.24) is 10.2 Å². The summed E-state index contributed by atoms with van der Waals surface area (Å²) in [7, 11) is 0. The van der Waals surface area contributed by atoms with E-state index in [1.807, 2.05) is 0 Å².